The van der Waals surface area contributed by atoms with E-state index in [4.69, 9.17) is 0 Å². The molecule has 2 unspecified atom stereocenters. The molecule has 0 spiro atoms. The Labute approximate surface area is 129 Å². The van der Waals surface area contributed by atoms with Crippen molar-refractivity contribution in [1.29, 1.82) is 0 Å². The van der Waals surface area contributed by atoms with E-state index in [1.54, 1.807) is 0 Å². The molecule has 0 aromatic carbocycles. The first kappa shape index (κ1) is 16.3. The van der Waals surface area contributed by atoms with E-state index >= 15 is 0 Å². The summed E-state index contributed by atoms with van der Waals surface area (Å²) in [4.78, 5) is 2.56. The van der Waals surface area contributed by atoms with Crippen molar-refractivity contribution in [3.8, 4) is 0 Å². The van der Waals surface area contributed by atoms with Gasteiger partial charge in [-0.05, 0) is 53.4 Å². The molecule has 0 bridgehead atoms. The molecule has 2 rings (SSSR count). The highest BCUT2D eigenvalue weighted by molar-refractivity contribution is 5.51. The van der Waals surface area contributed by atoms with Gasteiger partial charge in [-0.3, -0.25) is 4.68 Å². The zero-order chi connectivity index (χ0) is 15.8. The Bertz CT molecular complexity index is 484. The maximum Gasteiger partial charge on any atom is 0.131 e. The average Bonchev–Trinajstić information content (AvgIpc) is 2.61. The van der Waals surface area contributed by atoms with Gasteiger partial charge in [0, 0.05) is 37.3 Å². The molecule has 4 heteroatoms. The molecule has 1 fully saturated rings. The van der Waals surface area contributed by atoms with Crippen molar-refractivity contribution in [3.63, 3.8) is 0 Å². The topological polar surface area (TPSA) is 33.1 Å². The van der Waals surface area contributed by atoms with Crippen molar-refractivity contribution in [1.82, 2.24) is 15.1 Å². The first-order chi connectivity index (χ1) is 9.69. The molecular formula is C17H32N4. The Morgan fingerprint density at radius 1 is 1.29 bits per heavy atom. The summed E-state index contributed by atoms with van der Waals surface area (Å²) in [6.45, 7) is 15.5. The zero-order valence-corrected chi connectivity index (χ0v) is 14.8. The van der Waals surface area contributed by atoms with Crippen molar-refractivity contribution >= 4 is 5.82 Å². The van der Waals surface area contributed by atoms with E-state index in [0.29, 0.717) is 6.04 Å². The summed E-state index contributed by atoms with van der Waals surface area (Å²) in [6.07, 6.45) is 2.55. The summed E-state index contributed by atoms with van der Waals surface area (Å²) in [6, 6.07) is 0.594. The SMILES string of the molecule is Cc1nn(C)c(N2CCC(C)CC2C)c1CNC(C)(C)C. The first-order valence-corrected chi connectivity index (χ1v) is 8.23. The monoisotopic (exact) mass is 292 g/mol. The van der Waals surface area contributed by atoms with E-state index < -0.39 is 0 Å². The first-order valence-electron chi connectivity index (χ1n) is 8.23. The molecule has 1 aliphatic heterocycles. The van der Waals surface area contributed by atoms with Crippen molar-refractivity contribution in [3.05, 3.63) is 11.3 Å². The predicted octanol–water partition coefficient (Wildman–Crippen LogP) is 3.24. The normalized spacial score (nSPS) is 23.7. The molecule has 4 nitrogen and oxygen atoms in total. The molecule has 0 aliphatic carbocycles. The number of piperidine rings is 1. The number of nitrogens with one attached hydrogen (secondary N) is 1. The van der Waals surface area contributed by atoms with Crippen LogP contribution in [-0.2, 0) is 13.6 Å². The number of nitrogens with zero attached hydrogens (tertiary/aromatic N) is 3. The van der Waals surface area contributed by atoms with Gasteiger partial charge in [0.1, 0.15) is 5.82 Å². The van der Waals surface area contributed by atoms with Crippen LogP contribution in [0.1, 0.15) is 58.7 Å². The lowest BCUT2D eigenvalue weighted by molar-refractivity contribution is 0.371. The van der Waals surface area contributed by atoms with E-state index in [0.717, 1.165) is 24.7 Å². The number of hydrogen-bond acceptors (Lipinski definition) is 3. The van der Waals surface area contributed by atoms with Gasteiger partial charge in [-0.2, -0.15) is 5.10 Å². The number of aryl methyl sites for hydroxylation is 2. The number of hydrogen-bond donors (Lipinski definition) is 1. The van der Waals surface area contributed by atoms with E-state index in [1.807, 2.05) is 0 Å². The quantitative estimate of drug-likeness (QED) is 0.928. The fourth-order valence-corrected chi connectivity index (χ4v) is 3.33. The minimum absolute atomic E-state index is 0.127. The van der Waals surface area contributed by atoms with Crippen LogP contribution >= 0.6 is 0 Å². The van der Waals surface area contributed by atoms with Gasteiger partial charge in [0.2, 0.25) is 0 Å². The summed E-state index contributed by atoms with van der Waals surface area (Å²) in [5.74, 6) is 2.14. The molecule has 0 amide bonds. The molecule has 1 saturated heterocycles. The van der Waals surface area contributed by atoms with Gasteiger partial charge in [-0.25, -0.2) is 0 Å². The minimum Gasteiger partial charge on any atom is -0.354 e. The third kappa shape index (κ3) is 3.79. The Balaban J connectivity index is 2.26. The second-order valence-corrected chi connectivity index (χ2v) is 7.79. The van der Waals surface area contributed by atoms with E-state index in [-0.39, 0.29) is 5.54 Å². The predicted molar refractivity (Wildman–Crippen MR) is 89.7 cm³/mol. The van der Waals surface area contributed by atoms with Crippen molar-refractivity contribution in [2.75, 3.05) is 11.4 Å². The summed E-state index contributed by atoms with van der Waals surface area (Å²) < 4.78 is 2.07. The standard InChI is InChI=1S/C17H32N4/c1-12-8-9-21(13(2)10-12)16-15(11-18-17(4,5)6)14(3)19-20(16)7/h12-13,18H,8-11H2,1-7H3. The lowest BCUT2D eigenvalue weighted by Gasteiger charge is -2.38. The maximum absolute atomic E-state index is 4.68. The molecular weight excluding hydrogens is 260 g/mol. The van der Waals surface area contributed by atoms with Crippen LogP contribution in [0.4, 0.5) is 5.82 Å². The van der Waals surface area contributed by atoms with Crippen molar-refractivity contribution < 1.29 is 0 Å². The van der Waals surface area contributed by atoms with E-state index in [9.17, 15) is 0 Å². The van der Waals surface area contributed by atoms with Gasteiger partial charge in [0.05, 0.1) is 5.69 Å². The van der Waals surface area contributed by atoms with Gasteiger partial charge in [0.25, 0.3) is 0 Å². The van der Waals surface area contributed by atoms with Crippen LogP contribution in [0.2, 0.25) is 0 Å². The Morgan fingerprint density at radius 3 is 2.52 bits per heavy atom. The van der Waals surface area contributed by atoms with Crippen LogP contribution in [0.15, 0.2) is 0 Å². The van der Waals surface area contributed by atoms with Crippen LogP contribution in [0.5, 0.6) is 0 Å². The molecule has 21 heavy (non-hydrogen) atoms. The van der Waals surface area contributed by atoms with Gasteiger partial charge < -0.3 is 10.2 Å². The van der Waals surface area contributed by atoms with Crippen molar-refractivity contribution in [2.45, 2.75) is 72.5 Å². The number of rotatable bonds is 3. The lowest BCUT2D eigenvalue weighted by atomic mass is 9.93. The molecule has 1 N–H and O–H groups in total. The highest BCUT2D eigenvalue weighted by Gasteiger charge is 2.28. The smallest absolute Gasteiger partial charge is 0.131 e. The van der Waals surface area contributed by atoms with Crippen LogP contribution in [0.25, 0.3) is 0 Å². The van der Waals surface area contributed by atoms with Crippen LogP contribution in [-0.4, -0.2) is 27.9 Å². The average molecular weight is 292 g/mol. The molecule has 1 aliphatic rings. The largest absolute Gasteiger partial charge is 0.354 e. The molecule has 1 aromatic rings. The van der Waals surface area contributed by atoms with Gasteiger partial charge >= 0.3 is 0 Å². The molecule has 0 saturated carbocycles. The van der Waals surface area contributed by atoms with E-state index in [1.165, 1.54) is 24.2 Å². The molecule has 2 atom stereocenters. The molecule has 0 radical (unpaired) electrons. The van der Waals surface area contributed by atoms with Crippen LogP contribution < -0.4 is 10.2 Å². The highest BCUT2D eigenvalue weighted by Crippen LogP contribution is 2.31. The fraction of sp³-hybridized carbons (Fsp3) is 0.824. The van der Waals surface area contributed by atoms with Crippen molar-refractivity contribution in [2.24, 2.45) is 13.0 Å². The summed E-state index contributed by atoms with van der Waals surface area (Å²) >= 11 is 0. The molecule has 120 valence electrons. The maximum atomic E-state index is 4.68. The van der Waals surface area contributed by atoms with E-state index in [2.05, 4.69) is 68.6 Å². The second-order valence-electron chi connectivity index (χ2n) is 7.79. The van der Waals surface area contributed by atoms with Gasteiger partial charge in [0.15, 0.2) is 0 Å². The Hall–Kier alpha value is -1.03. The third-order valence-electron chi connectivity index (χ3n) is 4.52. The third-order valence-corrected chi connectivity index (χ3v) is 4.52. The zero-order valence-electron chi connectivity index (χ0n) is 14.8. The second kappa shape index (κ2) is 5.99. The highest BCUT2D eigenvalue weighted by atomic mass is 15.4. The fourth-order valence-electron chi connectivity index (χ4n) is 3.33. The lowest BCUT2D eigenvalue weighted by Crippen LogP contribution is -2.42. The van der Waals surface area contributed by atoms with Crippen LogP contribution in [0, 0.1) is 12.8 Å². The number of aromatic nitrogens is 2. The van der Waals surface area contributed by atoms with Crippen LogP contribution in [0.3, 0.4) is 0 Å². The summed E-state index contributed by atoms with van der Waals surface area (Å²) in [5, 5.41) is 8.29. The summed E-state index contributed by atoms with van der Waals surface area (Å²) in [5.41, 5.74) is 2.63. The molecule has 2 heterocycles. The Morgan fingerprint density at radius 2 is 1.95 bits per heavy atom. The minimum atomic E-state index is 0.127. The number of anilines is 1. The van der Waals surface area contributed by atoms with Gasteiger partial charge in [-0.15, -0.1) is 0 Å². The summed E-state index contributed by atoms with van der Waals surface area (Å²) in [7, 11) is 2.08. The molecule has 1 aromatic heterocycles. The van der Waals surface area contributed by atoms with Gasteiger partial charge in [-0.1, -0.05) is 6.92 Å². The Kier molecular flexibility index (Phi) is 4.66.